The number of para-hydroxylation sites is 1. The lowest BCUT2D eigenvalue weighted by molar-refractivity contribution is -0.259. The zero-order valence-electron chi connectivity index (χ0n) is 9.36. The maximum atomic E-state index is 12.6. The number of benzene rings is 1. The fourth-order valence-electron chi connectivity index (χ4n) is 1.42. The Hall–Kier alpha value is -1.76. The van der Waals surface area contributed by atoms with E-state index in [1.807, 2.05) is 0 Å². The van der Waals surface area contributed by atoms with E-state index >= 15 is 0 Å². The summed E-state index contributed by atoms with van der Waals surface area (Å²) in [7, 11) is 1.24. The van der Waals surface area contributed by atoms with Crippen LogP contribution in [0.5, 0.6) is 5.75 Å². The Kier molecular flexibility index (Phi) is 3.85. The summed E-state index contributed by atoms with van der Waals surface area (Å²) in [5.41, 5.74) is -3.87. The van der Waals surface area contributed by atoms with Crippen LogP contribution in [0.2, 0.25) is 0 Å². The standard InChI is InChI=1S/C11H11F3O4/c1-18-8-5-3-2-4-7(8)6-10(17,9(15)16)11(12,13)14/h2-5,17H,6H2,1H3,(H,15,16). The van der Waals surface area contributed by atoms with Crippen molar-refractivity contribution in [1.82, 2.24) is 0 Å². The summed E-state index contributed by atoms with van der Waals surface area (Å²) < 4.78 is 42.6. The molecule has 1 unspecified atom stereocenters. The molecule has 2 N–H and O–H groups in total. The van der Waals surface area contributed by atoms with Crippen molar-refractivity contribution in [3.63, 3.8) is 0 Å². The van der Waals surface area contributed by atoms with Gasteiger partial charge in [-0.3, -0.25) is 0 Å². The third kappa shape index (κ3) is 2.56. The molecular weight excluding hydrogens is 253 g/mol. The van der Waals surface area contributed by atoms with Crippen molar-refractivity contribution in [2.45, 2.75) is 18.2 Å². The molecule has 0 aliphatic carbocycles. The SMILES string of the molecule is COc1ccccc1CC(O)(C(=O)O)C(F)(F)F. The van der Waals surface area contributed by atoms with Gasteiger partial charge in [0.05, 0.1) is 7.11 Å². The van der Waals surface area contributed by atoms with Crippen LogP contribution in [0.3, 0.4) is 0 Å². The molecule has 1 aromatic carbocycles. The highest BCUT2D eigenvalue weighted by atomic mass is 19.4. The number of aliphatic carboxylic acids is 1. The topological polar surface area (TPSA) is 66.8 Å². The van der Waals surface area contributed by atoms with Gasteiger partial charge in [-0.05, 0) is 11.6 Å². The van der Waals surface area contributed by atoms with Crippen LogP contribution in [0.4, 0.5) is 13.2 Å². The number of carboxylic acids is 1. The molecule has 0 saturated carbocycles. The molecule has 0 aromatic heterocycles. The van der Waals surface area contributed by atoms with Gasteiger partial charge in [0.15, 0.2) is 0 Å². The van der Waals surface area contributed by atoms with E-state index in [1.165, 1.54) is 31.4 Å². The Morgan fingerprint density at radius 3 is 2.33 bits per heavy atom. The number of rotatable bonds is 4. The number of carboxylic acid groups (broad SMARTS) is 1. The van der Waals surface area contributed by atoms with Gasteiger partial charge in [0.1, 0.15) is 5.75 Å². The first-order valence-corrected chi connectivity index (χ1v) is 4.87. The van der Waals surface area contributed by atoms with Gasteiger partial charge >= 0.3 is 12.1 Å². The molecule has 0 aliphatic rings. The summed E-state index contributed by atoms with van der Waals surface area (Å²) in [5.74, 6) is -2.26. The molecule has 100 valence electrons. The van der Waals surface area contributed by atoms with Crippen LogP contribution in [0, 0.1) is 0 Å². The van der Waals surface area contributed by atoms with Crippen molar-refractivity contribution >= 4 is 5.97 Å². The normalized spacial score (nSPS) is 14.9. The smallest absolute Gasteiger partial charge is 0.428 e. The first-order valence-electron chi connectivity index (χ1n) is 4.87. The second kappa shape index (κ2) is 4.85. The molecule has 1 rings (SSSR count). The zero-order valence-corrected chi connectivity index (χ0v) is 9.36. The summed E-state index contributed by atoms with van der Waals surface area (Å²) in [6.07, 6.45) is -6.39. The lowest BCUT2D eigenvalue weighted by Gasteiger charge is -2.26. The predicted octanol–water partition coefficient (Wildman–Crippen LogP) is 1.62. The minimum Gasteiger partial charge on any atom is -0.496 e. The Balaban J connectivity index is 3.17. The van der Waals surface area contributed by atoms with E-state index < -0.39 is 24.2 Å². The third-order valence-electron chi connectivity index (χ3n) is 2.46. The summed E-state index contributed by atoms with van der Waals surface area (Å²) in [6, 6.07) is 5.60. The third-order valence-corrected chi connectivity index (χ3v) is 2.46. The molecule has 0 spiro atoms. The molecular formula is C11H11F3O4. The van der Waals surface area contributed by atoms with Gasteiger partial charge in [0.25, 0.3) is 5.60 Å². The van der Waals surface area contributed by atoms with E-state index in [4.69, 9.17) is 9.84 Å². The van der Waals surface area contributed by atoms with E-state index in [0.29, 0.717) is 0 Å². The quantitative estimate of drug-likeness (QED) is 0.867. The van der Waals surface area contributed by atoms with Crippen LogP contribution in [0.15, 0.2) is 24.3 Å². The maximum Gasteiger partial charge on any atom is 0.428 e. The van der Waals surface area contributed by atoms with Crippen molar-refractivity contribution in [3.05, 3.63) is 29.8 Å². The van der Waals surface area contributed by atoms with Crippen LogP contribution in [0.1, 0.15) is 5.56 Å². The fraction of sp³-hybridized carbons (Fsp3) is 0.364. The Labute approximate surface area is 101 Å². The van der Waals surface area contributed by atoms with E-state index in [0.717, 1.165) is 0 Å². The highest BCUT2D eigenvalue weighted by Gasteiger charge is 2.60. The number of aliphatic hydroxyl groups is 1. The average Bonchev–Trinajstić information content (AvgIpc) is 2.27. The zero-order chi connectivity index (χ0) is 14.0. The molecule has 1 atom stereocenters. The Morgan fingerprint density at radius 1 is 1.33 bits per heavy atom. The number of hydrogen-bond donors (Lipinski definition) is 2. The molecule has 4 nitrogen and oxygen atoms in total. The van der Waals surface area contributed by atoms with Crippen LogP contribution < -0.4 is 4.74 Å². The van der Waals surface area contributed by atoms with Crippen LogP contribution in [-0.2, 0) is 11.2 Å². The molecule has 1 aromatic rings. The molecule has 18 heavy (non-hydrogen) atoms. The molecule has 0 amide bonds. The molecule has 0 saturated heterocycles. The van der Waals surface area contributed by atoms with Gasteiger partial charge in [0.2, 0.25) is 0 Å². The van der Waals surface area contributed by atoms with Crippen molar-refractivity contribution in [1.29, 1.82) is 0 Å². The van der Waals surface area contributed by atoms with Crippen LogP contribution in [0.25, 0.3) is 0 Å². The minimum atomic E-state index is -5.28. The largest absolute Gasteiger partial charge is 0.496 e. The summed E-state index contributed by atoms with van der Waals surface area (Å²) in [4.78, 5) is 10.7. The molecule has 0 radical (unpaired) electrons. The molecule has 0 fully saturated rings. The lowest BCUT2D eigenvalue weighted by Crippen LogP contribution is -2.53. The van der Waals surface area contributed by atoms with Crippen molar-refractivity contribution in [2.24, 2.45) is 0 Å². The maximum absolute atomic E-state index is 12.6. The number of methoxy groups -OCH3 is 1. The molecule has 0 aliphatic heterocycles. The van der Waals surface area contributed by atoms with Crippen LogP contribution in [-0.4, -0.2) is 35.1 Å². The van der Waals surface area contributed by atoms with Gasteiger partial charge in [-0.15, -0.1) is 0 Å². The Bertz CT molecular complexity index is 444. The Morgan fingerprint density at radius 2 is 1.89 bits per heavy atom. The molecule has 0 heterocycles. The number of hydrogen-bond acceptors (Lipinski definition) is 3. The van der Waals surface area contributed by atoms with E-state index in [2.05, 4.69) is 0 Å². The number of alkyl halides is 3. The number of halogens is 3. The van der Waals surface area contributed by atoms with Crippen molar-refractivity contribution < 1.29 is 32.9 Å². The minimum absolute atomic E-state index is 0.0396. The fourth-order valence-corrected chi connectivity index (χ4v) is 1.42. The summed E-state index contributed by atoms with van der Waals surface area (Å²) in [5, 5.41) is 17.9. The van der Waals surface area contributed by atoms with E-state index in [1.54, 1.807) is 0 Å². The van der Waals surface area contributed by atoms with Gasteiger partial charge in [-0.1, -0.05) is 18.2 Å². The predicted molar refractivity (Wildman–Crippen MR) is 55.3 cm³/mol. The number of ether oxygens (including phenoxy) is 1. The second-order valence-corrected chi connectivity index (χ2v) is 3.65. The van der Waals surface area contributed by atoms with Gasteiger partial charge in [0, 0.05) is 6.42 Å². The monoisotopic (exact) mass is 264 g/mol. The average molecular weight is 264 g/mol. The summed E-state index contributed by atoms with van der Waals surface area (Å²) in [6.45, 7) is 0. The van der Waals surface area contributed by atoms with Gasteiger partial charge in [-0.25, -0.2) is 4.79 Å². The highest BCUT2D eigenvalue weighted by Crippen LogP contribution is 2.35. The first kappa shape index (κ1) is 14.3. The molecule has 7 heteroatoms. The van der Waals surface area contributed by atoms with Crippen molar-refractivity contribution in [3.8, 4) is 5.75 Å². The van der Waals surface area contributed by atoms with E-state index in [-0.39, 0.29) is 11.3 Å². The van der Waals surface area contributed by atoms with Crippen molar-refractivity contribution in [2.75, 3.05) is 7.11 Å². The first-order chi connectivity index (χ1) is 8.22. The lowest BCUT2D eigenvalue weighted by atomic mass is 9.93. The van der Waals surface area contributed by atoms with Crippen LogP contribution >= 0.6 is 0 Å². The number of carbonyl (C=O) groups is 1. The summed E-state index contributed by atoms with van der Waals surface area (Å²) >= 11 is 0. The van der Waals surface area contributed by atoms with Gasteiger partial charge < -0.3 is 14.9 Å². The van der Waals surface area contributed by atoms with Gasteiger partial charge in [-0.2, -0.15) is 13.2 Å². The highest BCUT2D eigenvalue weighted by molar-refractivity contribution is 5.79. The van der Waals surface area contributed by atoms with E-state index in [9.17, 15) is 23.1 Å². The second-order valence-electron chi connectivity index (χ2n) is 3.65. The molecule has 0 bridgehead atoms.